The van der Waals surface area contributed by atoms with Crippen molar-refractivity contribution in [3.63, 3.8) is 0 Å². The number of aryl methyl sites for hydroxylation is 2. The Labute approximate surface area is 112 Å². The van der Waals surface area contributed by atoms with E-state index >= 15 is 0 Å². The van der Waals surface area contributed by atoms with E-state index in [1.807, 2.05) is 0 Å². The van der Waals surface area contributed by atoms with Gasteiger partial charge >= 0.3 is 0 Å². The van der Waals surface area contributed by atoms with Crippen LogP contribution < -0.4 is 0 Å². The van der Waals surface area contributed by atoms with Gasteiger partial charge in [-0.1, -0.05) is 37.6 Å². The predicted octanol–water partition coefficient (Wildman–Crippen LogP) is 2.80. The third-order valence-electron chi connectivity index (χ3n) is 3.39. The summed E-state index contributed by atoms with van der Waals surface area (Å²) in [6, 6.07) is 6.64. The van der Waals surface area contributed by atoms with E-state index in [0.29, 0.717) is 0 Å². The van der Waals surface area contributed by atoms with Crippen molar-refractivity contribution >= 4 is 0 Å². The molecule has 1 aromatic carbocycles. The highest BCUT2D eigenvalue weighted by atomic mass is 16.3. The minimum atomic E-state index is -0.0175. The van der Waals surface area contributed by atoms with Crippen LogP contribution in [0.5, 0.6) is 0 Å². The summed E-state index contributed by atoms with van der Waals surface area (Å²) in [5, 5.41) is 9.28. The van der Waals surface area contributed by atoms with Crippen LogP contribution in [-0.4, -0.2) is 36.8 Å². The van der Waals surface area contributed by atoms with Gasteiger partial charge in [-0.3, -0.25) is 0 Å². The van der Waals surface area contributed by atoms with E-state index in [-0.39, 0.29) is 12.0 Å². The van der Waals surface area contributed by atoms with Gasteiger partial charge in [0.1, 0.15) is 0 Å². The molecule has 0 aliphatic heterocycles. The van der Waals surface area contributed by atoms with Crippen LogP contribution >= 0.6 is 0 Å². The van der Waals surface area contributed by atoms with Crippen LogP contribution in [0.4, 0.5) is 0 Å². The maximum Gasteiger partial charge on any atom is 0.0494 e. The molecule has 0 spiro atoms. The van der Waals surface area contributed by atoms with E-state index in [9.17, 15) is 5.11 Å². The summed E-state index contributed by atoms with van der Waals surface area (Å²) in [5.41, 5.74) is 4.11. The Hall–Kier alpha value is -0.860. The Balaban J connectivity index is 2.52. The lowest BCUT2D eigenvalue weighted by atomic mass is 9.94. The van der Waals surface area contributed by atoms with E-state index in [2.05, 4.69) is 57.8 Å². The van der Waals surface area contributed by atoms with Crippen LogP contribution in [0.25, 0.3) is 0 Å². The van der Waals surface area contributed by atoms with E-state index in [1.54, 1.807) is 0 Å². The molecule has 0 bridgehead atoms. The standard InChI is InChI=1S/C16H27NO/c1-13-6-7-14(2)15(10-13)8-9-17(5)11-16(3,4)12-18/h6-7,10,18H,8-9,11-12H2,1-5H3. The molecular weight excluding hydrogens is 222 g/mol. The zero-order valence-corrected chi connectivity index (χ0v) is 12.5. The zero-order valence-electron chi connectivity index (χ0n) is 12.5. The molecule has 0 aromatic heterocycles. The van der Waals surface area contributed by atoms with Crippen LogP contribution in [0.3, 0.4) is 0 Å². The van der Waals surface area contributed by atoms with Gasteiger partial charge in [0.2, 0.25) is 0 Å². The van der Waals surface area contributed by atoms with Crippen molar-refractivity contribution in [2.45, 2.75) is 34.1 Å². The quantitative estimate of drug-likeness (QED) is 0.838. The molecule has 0 fully saturated rings. The number of aliphatic hydroxyl groups is 1. The van der Waals surface area contributed by atoms with E-state index in [4.69, 9.17) is 0 Å². The number of benzene rings is 1. The summed E-state index contributed by atoms with van der Waals surface area (Å²) in [6.07, 6.45) is 1.07. The third-order valence-corrected chi connectivity index (χ3v) is 3.39. The van der Waals surface area contributed by atoms with Gasteiger partial charge in [-0.15, -0.1) is 0 Å². The van der Waals surface area contributed by atoms with Gasteiger partial charge in [0.25, 0.3) is 0 Å². The van der Waals surface area contributed by atoms with Crippen molar-refractivity contribution in [3.8, 4) is 0 Å². The first kappa shape index (κ1) is 15.2. The fraction of sp³-hybridized carbons (Fsp3) is 0.625. The number of likely N-dealkylation sites (N-methyl/N-ethyl adjacent to an activating group) is 1. The number of hydrogen-bond acceptors (Lipinski definition) is 2. The highest BCUT2D eigenvalue weighted by Crippen LogP contribution is 2.16. The number of rotatable bonds is 6. The highest BCUT2D eigenvalue weighted by molar-refractivity contribution is 5.30. The molecule has 0 atom stereocenters. The molecule has 18 heavy (non-hydrogen) atoms. The van der Waals surface area contributed by atoms with Crippen LogP contribution in [-0.2, 0) is 6.42 Å². The topological polar surface area (TPSA) is 23.5 Å². The van der Waals surface area contributed by atoms with Gasteiger partial charge in [0, 0.05) is 25.1 Å². The van der Waals surface area contributed by atoms with Gasteiger partial charge in [0.15, 0.2) is 0 Å². The maximum absolute atomic E-state index is 9.28. The summed E-state index contributed by atoms with van der Waals surface area (Å²) in [7, 11) is 2.13. The number of nitrogens with zero attached hydrogens (tertiary/aromatic N) is 1. The largest absolute Gasteiger partial charge is 0.396 e. The molecule has 1 rings (SSSR count). The number of aliphatic hydroxyl groups excluding tert-OH is 1. The first-order valence-corrected chi connectivity index (χ1v) is 6.69. The Morgan fingerprint density at radius 1 is 1.22 bits per heavy atom. The lowest BCUT2D eigenvalue weighted by molar-refractivity contribution is 0.116. The first-order chi connectivity index (χ1) is 8.34. The Morgan fingerprint density at radius 3 is 2.50 bits per heavy atom. The smallest absolute Gasteiger partial charge is 0.0494 e. The van der Waals surface area contributed by atoms with Gasteiger partial charge in [0.05, 0.1) is 0 Å². The molecule has 0 aliphatic carbocycles. The Morgan fingerprint density at radius 2 is 1.89 bits per heavy atom. The highest BCUT2D eigenvalue weighted by Gasteiger charge is 2.18. The lowest BCUT2D eigenvalue weighted by Gasteiger charge is -2.28. The SMILES string of the molecule is Cc1ccc(C)c(CCN(C)CC(C)(C)CO)c1. The first-order valence-electron chi connectivity index (χ1n) is 6.69. The van der Waals surface area contributed by atoms with Crippen molar-refractivity contribution in [2.75, 3.05) is 26.7 Å². The summed E-state index contributed by atoms with van der Waals surface area (Å²) in [6.45, 7) is 10.7. The molecule has 0 aliphatic rings. The summed E-state index contributed by atoms with van der Waals surface area (Å²) < 4.78 is 0. The third kappa shape index (κ3) is 4.79. The molecule has 0 radical (unpaired) electrons. The second kappa shape index (κ2) is 6.35. The molecule has 1 aromatic rings. The maximum atomic E-state index is 9.28. The summed E-state index contributed by atoms with van der Waals surface area (Å²) in [4.78, 5) is 2.30. The van der Waals surface area contributed by atoms with E-state index in [1.165, 1.54) is 16.7 Å². The molecule has 2 nitrogen and oxygen atoms in total. The van der Waals surface area contributed by atoms with Gasteiger partial charge < -0.3 is 10.0 Å². The average molecular weight is 249 g/mol. The van der Waals surface area contributed by atoms with Gasteiger partial charge in [-0.25, -0.2) is 0 Å². The van der Waals surface area contributed by atoms with Crippen LogP contribution in [0, 0.1) is 19.3 Å². The molecule has 0 unspecified atom stereocenters. The molecule has 0 heterocycles. The van der Waals surface area contributed by atoms with Crippen molar-refractivity contribution in [2.24, 2.45) is 5.41 Å². The fourth-order valence-electron chi connectivity index (χ4n) is 2.24. The zero-order chi connectivity index (χ0) is 13.8. The van der Waals surface area contributed by atoms with Crippen molar-refractivity contribution in [1.29, 1.82) is 0 Å². The summed E-state index contributed by atoms with van der Waals surface area (Å²) >= 11 is 0. The van der Waals surface area contributed by atoms with Crippen molar-refractivity contribution in [3.05, 3.63) is 34.9 Å². The fourth-order valence-corrected chi connectivity index (χ4v) is 2.24. The average Bonchev–Trinajstić information content (AvgIpc) is 2.30. The minimum Gasteiger partial charge on any atom is -0.396 e. The predicted molar refractivity (Wildman–Crippen MR) is 78.0 cm³/mol. The molecule has 0 saturated heterocycles. The van der Waals surface area contributed by atoms with E-state index < -0.39 is 0 Å². The second-order valence-electron chi connectivity index (χ2n) is 6.24. The Bertz CT molecular complexity index is 385. The summed E-state index contributed by atoms with van der Waals surface area (Å²) in [5.74, 6) is 0. The monoisotopic (exact) mass is 249 g/mol. The minimum absolute atomic E-state index is 0.0175. The number of hydrogen-bond donors (Lipinski definition) is 1. The molecule has 2 heteroatoms. The lowest BCUT2D eigenvalue weighted by Crippen LogP contribution is -2.35. The second-order valence-corrected chi connectivity index (χ2v) is 6.24. The van der Waals surface area contributed by atoms with Gasteiger partial charge in [-0.2, -0.15) is 0 Å². The van der Waals surface area contributed by atoms with Gasteiger partial charge in [-0.05, 0) is 38.4 Å². The molecule has 0 amide bonds. The van der Waals surface area contributed by atoms with E-state index in [0.717, 1.165) is 19.5 Å². The van der Waals surface area contributed by atoms with Crippen LogP contribution in [0.2, 0.25) is 0 Å². The molecule has 102 valence electrons. The Kier molecular flexibility index (Phi) is 5.36. The van der Waals surface area contributed by atoms with Crippen LogP contribution in [0.15, 0.2) is 18.2 Å². The van der Waals surface area contributed by atoms with Crippen LogP contribution in [0.1, 0.15) is 30.5 Å². The normalized spacial score (nSPS) is 12.2. The molecular formula is C16H27NO. The molecule has 1 N–H and O–H groups in total. The molecule has 0 saturated carbocycles. The van der Waals surface area contributed by atoms with Crippen molar-refractivity contribution < 1.29 is 5.11 Å². The van der Waals surface area contributed by atoms with Crippen molar-refractivity contribution in [1.82, 2.24) is 4.90 Å².